The molecule has 1 saturated carbocycles. The fourth-order valence-corrected chi connectivity index (χ4v) is 3.93. The number of rotatable bonds is 2. The fraction of sp³-hybridized carbons (Fsp3) is 0.588. The van der Waals surface area contributed by atoms with Gasteiger partial charge in [-0.1, -0.05) is 25.3 Å². The van der Waals surface area contributed by atoms with Crippen LogP contribution in [0.25, 0.3) is 0 Å². The number of carboxylic acid groups (broad SMARTS) is 1. The van der Waals surface area contributed by atoms with Crippen molar-refractivity contribution in [3.63, 3.8) is 0 Å². The van der Waals surface area contributed by atoms with E-state index in [1.165, 1.54) is 44.6 Å². The van der Waals surface area contributed by atoms with Crippen molar-refractivity contribution in [2.45, 2.75) is 44.9 Å². The second kappa shape index (κ2) is 6.07. The molecular weight excluding hydrogens is 280 g/mol. The Morgan fingerprint density at radius 3 is 2.45 bits per heavy atom. The second-order valence-electron chi connectivity index (χ2n) is 6.60. The van der Waals surface area contributed by atoms with E-state index in [0.29, 0.717) is 0 Å². The van der Waals surface area contributed by atoms with Crippen LogP contribution < -0.4 is 0 Å². The number of carbonyl (C=O) groups excluding carboxylic acids is 1. The Labute approximate surface area is 130 Å². The summed E-state index contributed by atoms with van der Waals surface area (Å²) < 4.78 is 0. The molecule has 1 spiro atoms. The van der Waals surface area contributed by atoms with Crippen LogP contribution in [0.1, 0.15) is 65.9 Å². The molecular formula is C17H22N2O3. The second-order valence-corrected chi connectivity index (χ2v) is 6.60. The van der Waals surface area contributed by atoms with Crippen molar-refractivity contribution in [2.75, 3.05) is 13.1 Å². The number of carboxylic acids is 1. The largest absolute Gasteiger partial charge is 0.477 e. The molecule has 0 atom stereocenters. The Morgan fingerprint density at radius 2 is 1.73 bits per heavy atom. The van der Waals surface area contributed by atoms with E-state index in [1.54, 1.807) is 12.1 Å². The minimum atomic E-state index is -1.10. The van der Waals surface area contributed by atoms with Crippen molar-refractivity contribution in [1.29, 1.82) is 0 Å². The predicted molar refractivity (Wildman–Crippen MR) is 81.9 cm³/mol. The summed E-state index contributed by atoms with van der Waals surface area (Å²) in [5.41, 5.74) is 0.458. The summed E-state index contributed by atoms with van der Waals surface area (Å²) in [6, 6.07) is 4.61. The molecule has 1 saturated heterocycles. The standard InChI is InChI=1S/C17H22N2O3/c20-15(13-6-4-7-14(18-13)16(21)22)19-11-5-10-17(12-19)8-2-1-3-9-17/h4,6-7H,1-3,5,8-12H2,(H,21,22). The van der Waals surface area contributed by atoms with Gasteiger partial charge in [-0.3, -0.25) is 4.79 Å². The molecule has 2 heterocycles. The van der Waals surface area contributed by atoms with Gasteiger partial charge >= 0.3 is 5.97 Å². The van der Waals surface area contributed by atoms with E-state index in [4.69, 9.17) is 5.11 Å². The summed E-state index contributed by atoms with van der Waals surface area (Å²) in [4.78, 5) is 29.5. The lowest BCUT2D eigenvalue weighted by molar-refractivity contribution is 0.0379. The lowest BCUT2D eigenvalue weighted by atomic mass is 9.69. The molecule has 1 aromatic heterocycles. The van der Waals surface area contributed by atoms with Gasteiger partial charge in [0.25, 0.3) is 5.91 Å². The summed E-state index contributed by atoms with van der Waals surface area (Å²) in [5.74, 6) is -1.23. The van der Waals surface area contributed by atoms with Gasteiger partial charge in [-0.15, -0.1) is 0 Å². The number of amides is 1. The molecule has 118 valence electrons. The van der Waals surface area contributed by atoms with Crippen molar-refractivity contribution in [2.24, 2.45) is 5.41 Å². The van der Waals surface area contributed by atoms with Crippen molar-refractivity contribution >= 4 is 11.9 Å². The smallest absolute Gasteiger partial charge is 0.354 e. The Hall–Kier alpha value is -1.91. The highest BCUT2D eigenvalue weighted by molar-refractivity contribution is 5.94. The van der Waals surface area contributed by atoms with E-state index in [9.17, 15) is 9.59 Å². The molecule has 22 heavy (non-hydrogen) atoms. The van der Waals surface area contributed by atoms with Gasteiger partial charge in [-0.05, 0) is 43.2 Å². The average Bonchev–Trinajstić information content (AvgIpc) is 2.55. The van der Waals surface area contributed by atoms with Gasteiger partial charge in [-0.2, -0.15) is 0 Å². The molecule has 5 heteroatoms. The summed E-state index contributed by atoms with van der Waals surface area (Å²) in [7, 11) is 0. The number of pyridine rings is 1. The van der Waals surface area contributed by atoms with Crippen LogP contribution in [-0.2, 0) is 0 Å². The molecule has 0 unspecified atom stereocenters. The fourth-order valence-electron chi connectivity index (χ4n) is 3.93. The van der Waals surface area contributed by atoms with Gasteiger partial charge in [0.1, 0.15) is 11.4 Å². The van der Waals surface area contributed by atoms with Gasteiger partial charge in [0.15, 0.2) is 0 Å². The summed E-state index contributed by atoms with van der Waals surface area (Å²) >= 11 is 0. The van der Waals surface area contributed by atoms with Crippen LogP contribution in [0.2, 0.25) is 0 Å². The third kappa shape index (κ3) is 2.98. The van der Waals surface area contributed by atoms with E-state index in [-0.39, 0.29) is 22.7 Å². The van der Waals surface area contributed by atoms with Crippen LogP contribution in [-0.4, -0.2) is 40.0 Å². The summed E-state index contributed by atoms with van der Waals surface area (Å²) in [6.07, 6.45) is 8.48. The molecule has 0 bridgehead atoms. The molecule has 0 aromatic carbocycles. The zero-order chi connectivity index (χ0) is 15.6. The normalized spacial score (nSPS) is 20.8. The first-order valence-electron chi connectivity index (χ1n) is 8.09. The van der Waals surface area contributed by atoms with E-state index >= 15 is 0 Å². The van der Waals surface area contributed by atoms with E-state index < -0.39 is 5.97 Å². The maximum absolute atomic E-state index is 12.7. The maximum atomic E-state index is 12.7. The zero-order valence-corrected chi connectivity index (χ0v) is 12.8. The highest BCUT2D eigenvalue weighted by Gasteiger charge is 2.38. The van der Waals surface area contributed by atoms with Crippen molar-refractivity contribution in [3.05, 3.63) is 29.6 Å². The van der Waals surface area contributed by atoms with E-state index in [1.807, 2.05) is 4.90 Å². The van der Waals surface area contributed by atoms with Gasteiger partial charge < -0.3 is 10.0 Å². The van der Waals surface area contributed by atoms with Crippen LogP contribution >= 0.6 is 0 Å². The quantitative estimate of drug-likeness (QED) is 0.911. The molecule has 5 nitrogen and oxygen atoms in total. The Bertz CT molecular complexity index is 574. The lowest BCUT2D eigenvalue weighted by Crippen LogP contribution is -2.47. The Kier molecular flexibility index (Phi) is 4.14. The number of aromatic carboxylic acids is 1. The maximum Gasteiger partial charge on any atom is 0.354 e. The highest BCUT2D eigenvalue weighted by Crippen LogP contribution is 2.43. The topological polar surface area (TPSA) is 70.5 Å². The molecule has 2 fully saturated rings. The minimum absolute atomic E-state index is 0.0739. The minimum Gasteiger partial charge on any atom is -0.477 e. The van der Waals surface area contributed by atoms with E-state index in [0.717, 1.165) is 19.5 Å². The number of hydrogen-bond acceptors (Lipinski definition) is 3. The monoisotopic (exact) mass is 302 g/mol. The number of likely N-dealkylation sites (tertiary alicyclic amines) is 1. The number of nitrogens with zero attached hydrogens (tertiary/aromatic N) is 2. The van der Waals surface area contributed by atoms with E-state index in [2.05, 4.69) is 4.98 Å². The molecule has 1 aromatic rings. The van der Waals surface area contributed by atoms with Gasteiger partial charge in [0, 0.05) is 13.1 Å². The molecule has 1 aliphatic carbocycles. The van der Waals surface area contributed by atoms with Gasteiger partial charge in [-0.25, -0.2) is 9.78 Å². The van der Waals surface area contributed by atoms with Crippen LogP contribution in [0.4, 0.5) is 0 Å². The third-order valence-corrected chi connectivity index (χ3v) is 5.05. The first-order chi connectivity index (χ1) is 10.6. The van der Waals surface area contributed by atoms with Gasteiger partial charge in [0.05, 0.1) is 0 Å². The number of carbonyl (C=O) groups is 2. The van der Waals surface area contributed by atoms with Crippen LogP contribution in [0.5, 0.6) is 0 Å². The third-order valence-electron chi connectivity index (χ3n) is 5.05. The highest BCUT2D eigenvalue weighted by atomic mass is 16.4. The summed E-state index contributed by atoms with van der Waals surface area (Å²) in [6.45, 7) is 1.55. The number of piperidine rings is 1. The van der Waals surface area contributed by atoms with Crippen LogP contribution in [0, 0.1) is 5.41 Å². The van der Waals surface area contributed by atoms with Crippen molar-refractivity contribution in [3.8, 4) is 0 Å². The molecule has 3 rings (SSSR count). The molecule has 0 radical (unpaired) electrons. The van der Waals surface area contributed by atoms with Crippen molar-refractivity contribution < 1.29 is 14.7 Å². The van der Waals surface area contributed by atoms with Crippen molar-refractivity contribution in [1.82, 2.24) is 9.88 Å². The summed E-state index contributed by atoms with van der Waals surface area (Å²) in [5, 5.41) is 9.01. The SMILES string of the molecule is O=C(O)c1cccc(C(=O)N2CCCC3(CCCCC3)C2)n1. The lowest BCUT2D eigenvalue weighted by Gasteiger charge is -2.45. The number of hydrogen-bond donors (Lipinski definition) is 1. The zero-order valence-electron chi connectivity index (χ0n) is 12.8. The molecule has 1 amide bonds. The molecule has 1 N–H and O–H groups in total. The molecule has 1 aliphatic heterocycles. The Morgan fingerprint density at radius 1 is 1.05 bits per heavy atom. The first kappa shape index (κ1) is 15.0. The van der Waals surface area contributed by atoms with Gasteiger partial charge in [0.2, 0.25) is 0 Å². The Balaban J connectivity index is 1.76. The number of aromatic nitrogens is 1. The van der Waals surface area contributed by atoms with Crippen LogP contribution in [0.3, 0.4) is 0 Å². The van der Waals surface area contributed by atoms with Crippen LogP contribution in [0.15, 0.2) is 18.2 Å². The average molecular weight is 302 g/mol. The molecule has 2 aliphatic rings. The predicted octanol–water partition coefficient (Wildman–Crippen LogP) is 2.97. The first-order valence-corrected chi connectivity index (χ1v) is 8.09.